The Morgan fingerprint density at radius 1 is 1.28 bits per heavy atom. The summed E-state index contributed by atoms with van der Waals surface area (Å²) in [6.45, 7) is 2.30. The van der Waals surface area contributed by atoms with Crippen molar-refractivity contribution in [3.05, 3.63) is 36.3 Å². The minimum absolute atomic E-state index is 0.356. The van der Waals surface area contributed by atoms with Crippen LogP contribution in [0.1, 0.15) is 30.3 Å². The van der Waals surface area contributed by atoms with Crippen LogP contribution in [-0.2, 0) is 18.4 Å². The minimum Gasteiger partial charge on any atom is -0.377 e. The standard InChI is InChI=1S/C17H21N7O/c1-23-16-13(8-21-23)17(20-11-19-16)24-7-3-4-12(9-24)14-5-6-18-15(22-14)10-25-2/h5-6,8,11-12H,3-4,7,9-10H2,1-2H3/t12-/m1/s1. The van der Waals surface area contributed by atoms with Gasteiger partial charge in [0.25, 0.3) is 0 Å². The van der Waals surface area contributed by atoms with Crippen molar-refractivity contribution in [1.29, 1.82) is 0 Å². The van der Waals surface area contributed by atoms with Crippen molar-refractivity contribution >= 4 is 16.9 Å². The number of aryl methyl sites for hydroxylation is 1. The molecule has 3 aromatic heterocycles. The van der Waals surface area contributed by atoms with Gasteiger partial charge in [-0.1, -0.05) is 0 Å². The average Bonchev–Trinajstić information content (AvgIpc) is 3.04. The summed E-state index contributed by atoms with van der Waals surface area (Å²) < 4.78 is 6.93. The second-order valence-corrected chi connectivity index (χ2v) is 6.32. The van der Waals surface area contributed by atoms with Crippen LogP contribution < -0.4 is 4.90 Å². The number of fused-ring (bicyclic) bond motifs is 1. The zero-order valence-electron chi connectivity index (χ0n) is 14.5. The van der Waals surface area contributed by atoms with Crippen LogP contribution in [0.25, 0.3) is 11.0 Å². The van der Waals surface area contributed by atoms with Gasteiger partial charge in [-0.2, -0.15) is 5.10 Å². The molecule has 130 valence electrons. The van der Waals surface area contributed by atoms with E-state index in [1.807, 2.05) is 25.5 Å². The van der Waals surface area contributed by atoms with Crippen molar-refractivity contribution in [1.82, 2.24) is 29.7 Å². The van der Waals surface area contributed by atoms with E-state index in [0.29, 0.717) is 12.5 Å². The summed E-state index contributed by atoms with van der Waals surface area (Å²) in [5.41, 5.74) is 1.93. The Morgan fingerprint density at radius 2 is 2.20 bits per heavy atom. The second kappa shape index (κ2) is 6.72. The fourth-order valence-corrected chi connectivity index (χ4v) is 3.45. The Bertz CT molecular complexity index is 878. The molecule has 4 rings (SSSR count). The third kappa shape index (κ3) is 3.05. The molecule has 1 atom stereocenters. The predicted octanol–water partition coefficient (Wildman–Crippen LogP) is 1.68. The van der Waals surface area contributed by atoms with Crippen LogP contribution >= 0.6 is 0 Å². The average molecular weight is 339 g/mol. The molecule has 0 radical (unpaired) electrons. The van der Waals surface area contributed by atoms with Crippen molar-refractivity contribution in [2.24, 2.45) is 7.05 Å². The molecule has 0 aliphatic carbocycles. The van der Waals surface area contributed by atoms with Gasteiger partial charge in [-0.15, -0.1) is 0 Å². The van der Waals surface area contributed by atoms with Gasteiger partial charge in [0.2, 0.25) is 0 Å². The first-order chi connectivity index (χ1) is 12.3. The SMILES string of the molecule is COCc1nccc([C@@H]2CCCN(c3ncnc4c3cnn4C)C2)n1. The maximum Gasteiger partial charge on any atom is 0.163 e. The first kappa shape index (κ1) is 15.9. The number of nitrogens with zero attached hydrogens (tertiary/aromatic N) is 7. The normalized spacial score (nSPS) is 18.0. The van der Waals surface area contributed by atoms with E-state index in [4.69, 9.17) is 4.74 Å². The molecule has 1 saturated heterocycles. The highest BCUT2D eigenvalue weighted by atomic mass is 16.5. The highest BCUT2D eigenvalue weighted by Gasteiger charge is 2.25. The molecule has 0 saturated carbocycles. The molecule has 25 heavy (non-hydrogen) atoms. The zero-order chi connectivity index (χ0) is 17.2. The van der Waals surface area contributed by atoms with E-state index in [9.17, 15) is 0 Å². The Labute approximate surface area is 145 Å². The molecule has 0 amide bonds. The van der Waals surface area contributed by atoms with Gasteiger partial charge in [0.1, 0.15) is 18.8 Å². The lowest BCUT2D eigenvalue weighted by Crippen LogP contribution is -2.35. The summed E-state index contributed by atoms with van der Waals surface area (Å²) in [5, 5.41) is 5.31. The molecule has 1 aliphatic heterocycles. The predicted molar refractivity (Wildman–Crippen MR) is 93.2 cm³/mol. The van der Waals surface area contributed by atoms with Crippen molar-refractivity contribution in [2.75, 3.05) is 25.1 Å². The number of rotatable bonds is 4. The van der Waals surface area contributed by atoms with Gasteiger partial charge in [-0.25, -0.2) is 19.9 Å². The molecule has 0 N–H and O–H groups in total. The number of aromatic nitrogens is 6. The molecule has 3 aromatic rings. The fourth-order valence-electron chi connectivity index (χ4n) is 3.45. The summed E-state index contributed by atoms with van der Waals surface area (Å²) >= 11 is 0. The van der Waals surface area contributed by atoms with Crippen molar-refractivity contribution in [2.45, 2.75) is 25.4 Å². The van der Waals surface area contributed by atoms with E-state index < -0.39 is 0 Å². The Kier molecular flexibility index (Phi) is 4.27. The number of piperidine rings is 1. The van der Waals surface area contributed by atoms with Gasteiger partial charge >= 0.3 is 0 Å². The van der Waals surface area contributed by atoms with Crippen LogP contribution in [0.2, 0.25) is 0 Å². The number of hydrogen-bond donors (Lipinski definition) is 0. The minimum atomic E-state index is 0.356. The number of hydrogen-bond acceptors (Lipinski definition) is 7. The third-order valence-corrected chi connectivity index (χ3v) is 4.65. The molecular weight excluding hydrogens is 318 g/mol. The monoisotopic (exact) mass is 339 g/mol. The van der Waals surface area contributed by atoms with Crippen LogP contribution in [0.3, 0.4) is 0 Å². The van der Waals surface area contributed by atoms with E-state index >= 15 is 0 Å². The molecule has 1 fully saturated rings. The summed E-state index contributed by atoms with van der Waals surface area (Å²) in [6.07, 6.45) is 7.49. The highest BCUT2D eigenvalue weighted by molar-refractivity contribution is 5.86. The van der Waals surface area contributed by atoms with Crippen LogP contribution in [0.5, 0.6) is 0 Å². The first-order valence-corrected chi connectivity index (χ1v) is 8.44. The van der Waals surface area contributed by atoms with Crippen LogP contribution in [0.15, 0.2) is 24.8 Å². The molecule has 0 spiro atoms. The van der Waals surface area contributed by atoms with Crippen molar-refractivity contribution < 1.29 is 4.74 Å². The largest absolute Gasteiger partial charge is 0.377 e. The highest BCUT2D eigenvalue weighted by Crippen LogP contribution is 2.31. The zero-order valence-corrected chi connectivity index (χ0v) is 14.5. The van der Waals surface area contributed by atoms with E-state index in [0.717, 1.165) is 54.3 Å². The fraction of sp³-hybridized carbons (Fsp3) is 0.471. The first-order valence-electron chi connectivity index (χ1n) is 8.44. The van der Waals surface area contributed by atoms with Gasteiger partial charge in [-0.05, 0) is 18.9 Å². The lowest BCUT2D eigenvalue weighted by Gasteiger charge is -2.33. The molecular formula is C17H21N7O. The van der Waals surface area contributed by atoms with Gasteiger partial charge in [0.05, 0.1) is 11.6 Å². The lowest BCUT2D eigenvalue weighted by atomic mass is 9.94. The van der Waals surface area contributed by atoms with E-state index in [-0.39, 0.29) is 0 Å². The van der Waals surface area contributed by atoms with E-state index in [2.05, 4.69) is 29.9 Å². The van der Waals surface area contributed by atoms with Gasteiger partial charge in [-0.3, -0.25) is 4.68 Å². The number of methoxy groups -OCH3 is 1. The molecule has 8 heteroatoms. The summed E-state index contributed by atoms with van der Waals surface area (Å²) in [7, 11) is 3.56. The molecule has 0 unspecified atom stereocenters. The summed E-state index contributed by atoms with van der Waals surface area (Å²) in [5.74, 6) is 2.04. The van der Waals surface area contributed by atoms with Gasteiger partial charge in [0.15, 0.2) is 11.5 Å². The Morgan fingerprint density at radius 3 is 3.08 bits per heavy atom. The van der Waals surface area contributed by atoms with Crippen molar-refractivity contribution in [3.63, 3.8) is 0 Å². The lowest BCUT2D eigenvalue weighted by molar-refractivity contribution is 0.177. The van der Waals surface area contributed by atoms with Gasteiger partial charge < -0.3 is 9.64 Å². The molecule has 8 nitrogen and oxygen atoms in total. The molecule has 1 aliphatic rings. The maximum absolute atomic E-state index is 5.15. The number of anilines is 1. The summed E-state index contributed by atoms with van der Waals surface area (Å²) in [4.78, 5) is 20.1. The number of ether oxygens (including phenoxy) is 1. The molecule has 0 bridgehead atoms. The van der Waals surface area contributed by atoms with Crippen molar-refractivity contribution in [3.8, 4) is 0 Å². The van der Waals surface area contributed by atoms with Crippen LogP contribution in [-0.4, -0.2) is 49.9 Å². The quantitative estimate of drug-likeness (QED) is 0.715. The third-order valence-electron chi connectivity index (χ3n) is 4.65. The Balaban J connectivity index is 1.61. The van der Waals surface area contributed by atoms with Crippen LogP contribution in [0, 0.1) is 0 Å². The molecule has 4 heterocycles. The Hall–Kier alpha value is -2.61. The topological polar surface area (TPSA) is 81.9 Å². The van der Waals surface area contributed by atoms with E-state index in [1.54, 1.807) is 18.1 Å². The smallest absolute Gasteiger partial charge is 0.163 e. The molecule has 0 aromatic carbocycles. The van der Waals surface area contributed by atoms with Crippen LogP contribution in [0.4, 0.5) is 5.82 Å². The van der Waals surface area contributed by atoms with E-state index in [1.165, 1.54) is 0 Å². The summed E-state index contributed by atoms with van der Waals surface area (Å²) in [6, 6.07) is 2.01. The maximum atomic E-state index is 5.15. The second-order valence-electron chi connectivity index (χ2n) is 6.32. The van der Waals surface area contributed by atoms with Gasteiger partial charge in [0, 0.05) is 45.1 Å².